The lowest BCUT2D eigenvalue weighted by atomic mass is 10.2. The van der Waals surface area contributed by atoms with Gasteiger partial charge in [-0.2, -0.15) is 0 Å². The van der Waals surface area contributed by atoms with E-state index in [-0.39, 0.29) is 48.4 Å². The molecule has 0 saturated heterocycles. The van der Waals surface area contributed by atoms with E-state index in [9.17, 15) is 24.5 Å². The van der Waals surface area contributed by atoms with E-state index in [0.29, 0.717) is 9.16 Å². The zero-order valence-electron chi connectivity index (χ0n) is 13.9. The number of hydrogen-bond acceptors (Lipinski definition) is 6. The minimum Gasteiger partial charge on any atom is -0.805 e. The number of amides is 1. The molecule has 2 rings (SSSR count). The second-order valence-corrected chi connectivity index (χ2v) is 5.38. The Morgan fingerprint density at radius 3 is 2.65 bits per heavy atom. The Labute approximate surface area is 147 Å². The first-order valence-corrected chi connectivity index (χ1v) is 7.73. The summed E-state index contributed by atoms with van der Waals surface area (Å²) in [6, 6.07) is 6.08. The molecule has 0 saturated carbocycles. The van der Waals surface area contributed by atoms with Crippen LogP contribution in [0.3, 0.4) is 0 Å². The molecular weight excluding hydrogens is 346 g/mol. The molecule has 1 amide bonds. The summed E-state index contributed by atoms with van der Waals surface area (Å²) >= 11 is 0. The highest BCUT2D eigenvalue weighted by molar-refractivity contribution is 5.93. The van der Waals surface area contributed by atoms with Crippen molar-refractivity contribution >= 4 is 28.9 Å². The molecule has 0 spiro atoms. The van der Waals surface area contributed by atoms with Gasteiger partial charge in [0.2, 0.25) is 0 Å². The summed E-state index contributed by atoms with van der Waals surface area (Å²) in [5, 5.41) is 23.1. The molecule has 0 aliphatic rings. The third-order valence-electron chi connectivity index (χ3n) is 3.58. The van der Waals surface area contributed by atoms with Gasteiger partial charge >= 0.3 is 23.5 Å². The van der Waals surface area contributed by atoms with Gasteiger partial charge in [0.1, 0.15) is 12.1 Å². The van der Waals surface area contributed by atoms with Crippen LogP contribution in [0.15, 0.2) is 24.3 Å². The first kappa shape index (κ1) is 18.9. The number of aliphatic carboxylic acids is 1. The van der Waals surface area contributed by atoms with E-state index in [0.717, 1.165) is 0 Å². The fourth-order valence-corrected chi connectivity index (χ4v) is 2.30. The molecule has 2 aromatic rings. The zero-order valence-corrected chi connectivity index (χ0v) is 13.9. The number of carboxylic acids is 1. The van der Waals surface area contributed by atoms with Crippen molar-refractivity contribution in [3.8, 4) is 0 Å². The highest BCUT2D eigenvalue weighted by Crippen LogP contribution is 2.13. The molecule has 0 atom stereocenters. The number of carbonyl (C=O) groups is 3. The fourth-order valence-electron chi connectivity index (χ4n) is 2.30. The lowest BCUT2D eigenvalue weighted by molar-refractivity contribution is -0.468. The number of carboxylic acid groups (broad SMARTS) is 1. The SMILES string of the molecule is Cc1c(C(=O)NCCOC(=O)CCC(=O)O)[n+](=O)c2ccccc2n1[O-]. The molecule has 0 radical (unpaired) electrons. The van der Waals surface area contributed by atoms with Gasteiger partial charge in [-0.15, -0.1) is 0 Å². The second-order valence-electron chi connectivity index (χ2n) is 5.38. The summed E-state index contributed by atoms with van der Waals surface area (Å²) in [6.07, 6.45) is -0.620. The lowest BCUT2D eigenvalue weighted by Crippen LogP contribution is -2.38. The average molecular weight is 363 g/mol. The van der Waals surface area contributed by atoms with Gasteiger partial charge in [-0.25, -0.2) is 0 Å². The molecule has 26 heavy (non-hydrogen) atoms. The summed E-state index contributed by atoms with van der Waals surface area (Å²) in [5.74, 6) is -2.61. The number of fused-ring (bicyclic) bond motifs is 1. The van der Waals surface area contributed by atoms with E-state index in [1.807, 2.05) is 0 Å². The third-order valence-corrected chi connectivity index (χ3v) is 3.58. The van der Waals surface area contributed by atoms with E-state index in [1.54, 1.807) is 12.1 Å². The molecule has 1 heterocycles. The van der Waals surface area contributed by atoms with Gasteiger partial charge in [0.25, 0.3) is 5.52 Å². The van der Waals surface area contributed by atoms with Crippen molar-refractivity contribution in [1.29, 1.82) is 0 Å². The lowest BCUT2D eigenvalue weighted by Gasteiger charge is -2.16. The van der Waals surface area contributed by atoms with Crippen molar-refractivity contribution in [1.82, 2.24) is 10.0 Å². The maximum atomic E-state index is 12.4. The molecule has 0 aliphatic heterocycles. The Morgan fingerprint density at radius 2 is 1.96 bits per heavy atom. The number of nitrogens with one attached hydrogen (secondary N) is 1. The summed E-state index contributed by atoms with van der Waals surface area (Å²) in [5.41, 5.74) is -0.215. The van der Waals surface area contributed by atoms with Crippen molar-refractivity contribution < 1.29 is 28.7 Å². The molecule has 2 N–H and O–H groups in total. The third kappa shape index (κ3) is 4.15. The Kier molecular flexibility index (Phi) is 5.89. The number of esters is 1. The van der Waals surface area contributed by atoms with Crippen LogP contribution >= 0.6 is 0 Å². The topological polar surface area (TPSA) is 144 Å². The molecule has 138 valence electrons. The summed E-state index contributed by atoms with van der Waals surface area (Å²) in [6.45, 7) is 1.07. The van der Waals surface area contributed by atoms with E-state index < -0.39 is 17.8 Å². The second kappa shape index (κ2) is 8.10. The molecule has 10 heteroatoms. The Bertz CT molecular complexity index is 920. The predicted molar refractivity (Wildman–Crippen MR) is 89.0 cm³/mol. The number of benzene rings is 1. The van der Waals surface area contributed by atoms with Gasteiger partial charge in [-0.05, 0) is 13.0 Å². The van der Waals surface area contributed by atoms with Gasteiger partial charge in [0.15, 0.2) is 0 Å². The van der Waals surface area contributed by atoms with Crippen molar-refractivity contribution in [3.63, 3.8) is 0 Å². The number of aromatic nitrogens is 2. The normalized spacial score (nSPS) is 10.5. The maximum Gasteiger partial charge on any atom is 0.346 e. The van der Waals surface area contributed by atoms with Gasteiger partial charge in [-0.3, -0.25) is 14.4 Å². The molecule has 1 aromatic carbocycles. The van der Waals surface area contributed by atoms with Crippen LogP contribution in [0.5, 0.6) is 0 Å². The van der Waals surface area contributed by atoms with Crippen LogP contribution in [0.1, 0.15) is 29.0 Å². The van der Waals surface area contributed by atoms with Crippen LogP contribution in [0.4, 0.5) is 0 Å². The molecule has 1 aromatic heterocycles. The summed E-state index contributed by atoms with van der Waals surface area (Å²) < 4.78 is 5.65. The van der Waals surface area contributed by atoms with Crippen LogP contribution in [0, 0.1) is 17.0 Å². The smallest absolute Gasteiger partial charge is 0.346 e. The molecule has 0 bridgehead atoms. The minimum absolute atomic E-state index is 0.0540. The number of hydrogen-bond donors (Lipinski definition) is 2. The van der Waals surface area contributed by atoms with Crippen LogP contribution < -0.4 is 9.74 Å². The van der Waals surface area contributed by atoms with Crippen LogP contribution in [-0.2, 0) is 14.3 Å². The molecule has 0 fully saturated rings. The highest BCUT2D eigenvalue weighted by Gasteiger charge is 2.26. The van der Waals surface area contributed by atoms with Crippen LogP contribution in [-0.4, -0.2) is 40.8 Å². The zero-order chi connectivity index (χ0) is 19.3. The summed E-state index contributed by atoms with van der Waals surface area (Å²) in [4.78, 5) is 46.2. The number of nitrogens with zero attached hydrogens (tertiary/aromatic N) is 2. The van der Waals surface area contributed by atoms with Gasteiger partial charge in [-0.1, -0.05) is 12.1 Å². The standard InChI is InChI=1S/C16H17N3O7/c1-10-15(19(25)12-5-3-2-4-11(12)18(10)24)16(23)17-8-9-26-14(22)7-6-13(20)21/h2-5H,6-9H2,1H3,(H,17,23)(H,20,21). The van der Waals surface area contributed by atoms with Gasteiger partial charge in [0.05, 0.1) is 29.5 Å². The van der Waals surface area contributed by atoms with E-state index in [4.69, 9.17) is 9.84 Å². The Hall–Kier alpha value is -3.43. The summed E-state index contributed by atoms with van der Waals surface area (Å²) in [7, 11) is 0. The van der Waals surface area contributed by atoms with Crippen LogP contribution in [0.2, 0.25) is 0 Å². The number of rotatable bonds is 7. The molecular formula is C16H17N3O7. The minimum atomic E-state index is -1.12. The van der Waals surface area contributed by atoms with Crippen molar-refractivity contribution in [2.75, 3.05) is 13.2 Å². The van der Waals surface area contributed by atoms with E-state index in [1.165, 1.54) is 19.1 Å². The fraction of sp³-hybridized carbons (Fsp3) is 0.312. The largest absolute Gasteiger partial charge is 0.805 e. The monoisotopic (exact) mass is 363 g/mol. The number of ether oxygens (including phenoxy) is 1. The van der Waals surface area contributed by atoms with E-state index >= 15 is 0 Å². The quantitative estimate of drug-likeness (QED) is 0.410. The van der Waals surface area contributed by atoms with Crippen molar-refractivity contribution in [2.24, 2.45) is 0 Å². The van der Waals surface area contributed by atoms with Crippen LogP contribution in [0.25, 0.3) is 11.0 Å². The highest BCUT2D eigenvalue weighted by atomic mass is 16.5. The average Bonchev–Trinajstić information content (AvgIpc) is 2.62. The predicted octanol–water partition coefficient (Wildman–Crippen LogP) is 0.348. The van der Waals surface area contributed by atoms with Crippen molar-refractivity contribution in [3.05, 3.63) is 45.8 Å². The van der Waals surface area contributed by atoms with E-state index in [2.05, 4.69) is 5.32 Å². The molecule has 0 unspecified atom stereocenters. The first-order chi connectivity index (χ1) is 12.3. The maximum absolute atomic E-state index is 12.4. The van der Waals surface area contributed by atoms with Gasteiger partial charge in [0, 0.05) is 11.0 Å². The molecule has 10 nitrogen and oxygen atoms in total. The number of carbonyl (C=O) groups excluding carboxylic acids is 2. The Morgan fingerprint density at radius 1 is 1.27 bits per heavy atom. The van der Waals surface area contributed by atoms with Crippen molar-refractivity contribution in [2.45, 2.75) is 19.8 Å². The number of para-hydroxylation sites is 2. The first-order valence-electron chi connectivity index (χ1n) is 7.73. The van der Waals surface area contributed by atoms with Gasteiger partial charge < -0.3 is 25.1 Å². The molecule has 0 aliphatic carbocycles. The Balaban J connectivity index is 2.03.